The lowest BCUT2D eigenvalue weighted by molar-refractivity contribution is -0.114. The lowest BCUT2D eigenvalue weighted by Crippen LogP contribution is -2.36. The van der Waals surface area contributed by atoms with Crippen LogP contribution < -0.4 is 20.7 Å². The number of carbonyl (C=O) groups excluding carboxylic acids is 2. The van der Waals surface area contributed by atoms with Crippen LogP contribution in [0.25, 0.3) is 0 Å². The van der Waals surface area contributed by atoms with Crippen LogP contribution in [0.1, 0.15) is 42.5 Å². The normalized spacial score (nSPS) is 13.7. The van der Waals surface area contributed by atoms with Gasteiger partial charge in [0.05, 0.1) is 6.54 Å². The van der Waals surface area contributed by atoms with Crippen molar-refractivity contribution in [1.82, 2.24) is 5.32 Å². The molecule has 3 aromatic carbocycles. The molecule has 1 fully saturated rings. The number of hydrogen-bond donors (Lipinski definition) is 3. The number of amides is 2. The van der Waals surface area contributed by atoms with Crippen LogP contribution in [0.4, 0.5) is 11.4 Å². The van der Waals surface area contributed by atoms with E-state index >= 15 is 0 Å². The second-order valence-corrected chi connectivity index (χ2v) is 8.23. The van der Waals surface area contributed by atoms with Gasteiger partial charge < -0.3 is 20.7 Å². The predicted molar refractivity (Wildman–Crippen MR) is 131 cm³/mol. The van der Waals surface area contributed by atoms with Crippen molar-refractivity contribution < 1.29 is 14.3 Å². The molecule has 0 saturated heterocycles. The monoisotopic (exact) mass is 443 g/mol. The van der Waals surface area contributed by atoms with Crippen LogP contribution in [-0.2, 0) is 4.79 Å². The summed E-state index contributed by atoms with van der Waals surface area (Å²) in [5, 5.41) is 9.05. The van der Waals surface area contributed by atoms with Crippen LogP contribution in [0.2, 0.25) is 0 Å². The highest BCUT2D eigenvalue weighted by Gasteiger charge is 2.16. The summed E-state index contributed by atoms with van der Waals surface area (Å²) in [6.45, 7) is 0.128. The molecule has 0 heterocycles. The molecule has 1 aliphatic carbocycles. The van der Waals surface area contributed by atoms with Crippen LogP contribution in [0.3, 0.4) is 0 Å². The third-order valence-corrected chi connectivity index (χ3v) is 5.66. The SMILES string of the molecule is O=C(CNc1ccc(Oc2ccccc2)cc1)Nc1ccc(C(=O)NC2CCCCC2)cc1. The van der Waals surface area contributed by atoms with Gasteiger partial charge >= 0.3 is 0 Å². The molecule has 33 heavy (non-hydrogen) atoms. The molecule has 170 valence electrons. The maximum atomic E-state index is 12.4. The number of rotatable bonds is 8. The Morgan fingerprint density at radius 3 is 2.09 bits per heavy atom. The van der Waals surface area contributed by atoms with Gasteiger partial charge in [-0.1, -0.05) is 37.5 Å². The van der Waals surface area contributed by atoms with Gasteiger partial charge in [0, 0.05) is 23.0 Å². The van der Waals surface area contributed by atoms with E-state index in [0.717, 1.165) is 30.0 Å². The summed E-state index contributed by atoms with van der Waals surface area (Å²) in [6, 6.07) is 24.3. The lowest BCUT2D eigenvalue weighted by Gasteiger charge is -2.22. The molecular formula is C27H29N3O3. The Bertz CT molecular complexity index is 1040. The van der Waals surface area contributed by atoms with E-state index in [2.05, 4.69) is 16.0 Å². The van der Waals surface area contributed by atoms with E-state index in [1.54, 1.807) is 24.3 Å². The Morgan fingerprint density at radius 2 is 1.39 bits per heavy atom. The van der Waals surface area contributed by atoms with E-state index in [-0.39, 0.29) is 24.4 Å². The zero-order valence-corrected chi connectivity index (χ0v) is 18.6. The van der Waals surface area contributed by atoms with Gasteiger partial charge in [-0.3, -0.25) is 9.59 Å². The molecule has 6 nitrogen and oxygen atoms in total. The summed E-state index contributed by atoms with van der Waals surface area (Å²) < 4.78 is 5.77. The Hall–Kier alpha value is -3.80. The first kappa shape index (κ1) is 22.4. The van der Waals surface area contributed by atoms with Crippen molar-refractivity contribution in [1.29, 1.82) is 0 Å². The zero-order valence-electron chi connectivity index (χ0n) is 18.6. The number of ether oxygens (including phenoxy) is 1. The smallest absolute Gasteiger partial charge is 0.251 e. The van der Waals surface area contributed by atoms with Crippen LogP contribution in [-0.4, -0.2) is 24.4 Å². The average Bonchev–Trinajstić information content (AvgIpc) is 2.85. The number of benzene rings is 3. The van der Waals surface area contributed by atoms with Crippen LogP contribution in [0, 0.1) is 0 Å². The van der Waals surface area contributed by atoms with Gasteiger partial charge in [0.1, 0.15) is 11.5 Å². The van der Waals surface area contributed by atoms with Gasteiger partial charge in [0.15, 0.2) is 0 Å². The van der Waals surface area contributed by atoms with E-state index in [1.165, 1.54) is 19.3 Å². The van der Waals surface area contributed by atoms with Crippen LogP contribution in [0.15, 0.2) is 78.9 Å². The fraction of sp³-hybridized carbons (Fsp3) is 0.259. The van der Waals surface area contributed by atoms with E-state index in [0.29, 0.717) is 11.3 Å². The molecule has 0 spiro atoms. The van der Waals surface area contributed by atoms with Crippen LogP contribution in [0.5, 0.6) is 11.5 Å². The third-order valence-electron chi connectivity index (χ3n) is 5.66. The summed E-state index contributed by atoms with van der Waals surface area (Å²) >= 11 is 0. The molecule has 0 aliphatic heterocycles. The largest absolute Gasteiger partial charge is 0.457 e. The number of anilines is 2. The summed E-state index contributed by atoms with van der Waals surface area (Å²) in [7, 11) is 0. The molecule has 0 radical (unpaired) electrons. The molecule has 1 saturated carbocycles. The van der Waals surface area contributed by atoms with E-state index in [1.807, 2.05) is 54.6 Å². The average molecular weight is 444 g/mol. The second-order valence-electron chi connectivity index (χ2n) is 8.23. The van der Waals surface area contributed by atoms with Crippen molar-refractivity contribution in [3.63, 3.8) is 0 Å². The maximum Gasteiger partial charge on any atom is 0.251 e. The standard InChI is InChI=1S/C27H29N3O3/c31-26(19-28-21-15-17-25(18-16-21)33-24-9-5-2-6-10-24)29-23-13-11-20(12-14-23)27(32)30-22-7-3-1-4-8-22/h2,5-6,9-18,22,28H,1,3-4,7-8,19H2,(H,29,31)(H,30,32). The molecule has 1 aliphatic rings. The summed E-state index contributed by atoms with van der Waals surface area (Å²) in [5.74, 6) is 1.28. The van der Waals surface area contributed by atoms with Crippen molar-refractivity contribution in [3.8, 4) is 11.5 Å². The summed E-state index contributed by atoms with van der Waals surface area (Å²) in [6.07, 6.45) is 5.71. The molecule has 0 bridgehead atoms. The minimum absolute atomic E-state index is 0.0545. The predicted octanol–water partition coefficient (Wildman–Crippen LogP) is 5.59. The first-order valence-electron chi connectivity index (χ1n) is 11.4. The zero-order chi connectivity index (χ0) is 22.9. The van der Waals surface area contributed by atoms with Crippen molar-refractivity contribution in [2.45, 2.75) is 38.1 Å². The quantitative estimate of drug-likeness (QED) is 0.424. The number of para-hydroxylation sites is 1. The van der Waals surface area contributed by atoms with Crippen molar-refractivity contribution in [3.05, 3.63) is 84.4 Å². The lowest BCUT2D eigenvalue weighted by atomic mass is 9.95. The molecular weight excluding hydrogens is 414 g/mol. The van der Waals surface area contributed by atoms with E-state index in [9.17, 15) is 9.59 Å². The van der Waals surface area contributed by atoms with E-state index < -0.39 is 0 Å². The molecule has 3 aromatic rings. The summed E-state index contributed by atoms with van der Waals surface area (Å²) in [5.41, 5.74) is 2.08. The molecule has 0 unspecified atom stereocenters. The van der Waals surface area contributed by atoms with Gasteiger partial charge in [-0.15, -0.1) is 0 Å². The minimum atomic E-state index is -0.168. The minimum Gasteiger partial charge on any atom is -0.457 e. The Balaban J connectivity index is 1.22. The topological polar surface area (TPSA) is 79.5 Å². The Kier molecular flexibility index (Phi) is 7.59. The molecule has 6 heteroatoms. The molecule has 3 N–H and O–H groups in total. The number of carbonyl (C=O) groups is 2. The third kappa shape index (κ3) is 6.84. The first-order chi connectivity index (χ1) is 16.2. The van der Waals surface area contributed by atoms with Crippen molar-refractivity contribution >= 4 is 23.2 Å². The Morgan fingerprint density at radius 1 is 0.758 bits per heavy atom. The van der Waals surface area contributed by atoms with E-state index in [4.69, 9.17) is 4.74 Å². The first-order valence-corrected chi connectivity index (χ1v) is 11.4. The molecule has 4 rings (SSSR count). The molecule has 2 amide bonds. The fourth-order valence-electron chi connectivity index (χ4n) is 3.87. The highest BCUT2D eigenvalue weighted by atomic mass is 16.5. The second kappa shape index (κ2) is 11.2. The number of nitrogens with one attached hydrogen (secondary N) is 3. The molecule has 0 atom stereocenters. The Labute approximate surface area is 194 Å². The summed E-state index contributed by atoms with van der Waals surface area (Å²) in [4.78, 5) is 24.7. The van der Waals surface area contributed by atoms with Crippen molar-refractivity contribution in [2.24, 2.45) is 0 Å². The fourth-order valence-corrected chi connectivity index (χ4v) is 3.87. The van der Waals surface area contributed by atoms with Gasteiger partial charge in [0.2, 0.25) is 5.91 Å². The highest BCUT2D eigenvalue weighted by Crippen LogP contribution is 2.22. The maximum absolute atomic E-state index is 12.4. The van der Waals surface area contributed by atoms with Gasteiger partial charge in [-0.2, -0.15) is 0 Å². The number of hydrogen-bond acceptors (Lipinski definition) is 4. The van der Waals surface area contributed by atoms with Gasteiger partial charge in [-0.05, 0) is 73.5 Å². The van der Waals surface area contributed by atoms with Crippen LogP contribution >= 0.6 is 0 Å². The van der Waals surface area contributed by atoms with Gasteiger partial charge in [0.25, 0.3) is 5.91 Å². The highest BCUT2D eigenvalue weighted by molar-refractivity contribution is 5.96. The van der Waals surface area contributed by atoms with Gasteiger partial charge in [-0.25, -0.2) is 0 Å². The van der Waals surface area contributed by atoms with Crippen molar-refractivity contribution in [2.75, 3.05) is 17.2 Å². The molecule has 0 aromatic heterocycles.